The van der Waals surface area contributed by atoms with Gasteiger partial charge in [-0.05, 0) is 47.1 Å². The molecule has 0 unspecified atom stereocenters. The Morgan fingerprint density at radius 3 is 2.42 bits per heavy atom. The Balaban J connectivity index is 1.95. The van der Waals surface area contributed by atoms with Crippen molar-refractivity contribution in [2.24, 2.45) is 0 Å². The fourth-order valence-corrected chi connectivity index (χ4v) is 3.02. The van der Waals surface area contributed by atoms with Crippen LogP contribution in [0.4, 0.5) is 0 Å². The van der Waals surface area contributed by atoms with E-state index in [0.29, 0.717) is 6.42 Å². The Hall–Kier alpha value is -0.690. The minimum Gasteiger partial charge on any atom is -0.0837 e. The highest BCUT2D eigenvalue weighted by Crippen LogP contribution is 2.39. The molecule has 0 N–H and O–H groups in total. The standard InChI is InChI=1S/C16H13Cl3/c17-16(18,19)9-8-11-5-3-7-14-13-6-2-1-4-12(13)10-15(11)14/h1-7H,8-10H2. The van der Waals surface area contributed by atoms with Crippen molar-refractivity contribution in [3.63, 3.8) is 0 Å². The summed E-state index contributed by atoms with van der Waals surface area (Å²) in [4.78, 5) is 0. The summed E-state index contributed by atoms with van der Waals surface area (Å²) in [7, 11) is 0. The lowest BCUT2D eigenvalue weighted by molar-refractivity contribution is 0.843. The molecule has 0 bridgehead atoms. The molecule has 0 aromatic heterocycles. The predicted octanol–water partition coefficient (Wildman–Crippen LogP) is 5.56. The largest absolute Gasteiger partial charge is 0.190 e. The van der Waals surface area contributed by atoms with Crippen molar-refractivity contribution in [2.75, 3.05) is 0 Å². The van der Waals surface area contributed by atoms with Gasteiger partial charge >= 0.3 is 0 Å². The minimum absolute atomic E-state index is 0.546. The molecule has 0 amide bonds. The van der Waals surface area contributed by atoms with E-state index in [1.54, 1.807) is 0 Å². The minimum atomic E-state index is -1.17. The third-order valence-electron chi connectivity index (χ3n) is 3.63. The van der Waals surface area contributed by atoms with Crippen molar-refractivity contribution < 1.29 is 0 Å². The first-order chi connectivity index (χ1) is 9.04. The molecule has 0 saturated heterocycles. The first kappa shape index (κ1) is 13.3. The topological polar surface area (TPSA) is 0 Å². The van der Waals surface area contributed by atoms with Crippen LogP contribution in [0.2, 0.25) is 0 Å². The number of aryl methyl sites for hydroxylation is 1. The van der Waals surface area contributed by atoms with Gasteiger partial charge in [0, 0.05) is 0 Å². The van der Waals surface area contributed by atoms with E-state index in [0.717, 1.165) is 12.8 Å². The highest BCUT2D eigenvalue weighted by molar-refractivity contribution is 6.67. The number of fused-ring (bicyclic) bond motifs is 3. The molecule has 3 rings (SSSR count). The van der Waals surface area contributed by atoms with Crippen LogP contribution < -0.4 is 0 Å². The molecule has 19 heavy (non-hydrogen) atoms. The Morgan fingerprint density at radius 2 is 1.63 bits per heavy atom. The van der Waals surface area contributed by atoms with Gasteiger partial charge in [0.05, 0.1) is 0 Å². The van der Waals surface area contributed by atoms with Gasteiger partial charge in [0.2, 0.25) is 0 Å². The van der Waals surface area contributed by atoms with E-state index >= 15 is 0 Å². The van der Waals surface area contributed by atoms with E-state index in [1.165, 1.54) is 27.8 Å². The van der Waals surface area contributed by atoms with Crippen molar-refractivity contribution in [2.45, 2.75) is 23.1 Å². The van der Waals surface area contributed by atoms with Gasteiger partial charge in [0.15, 0.2) is 3.79 Å². The molecular weight excluding hydrogens is 299 g/mol. The second kappa shape index (κ2) is 5.01. The first-order valence-corrected chi connectivity index (χ1v) is 7.44. The number of hydrogen-bond acceptors (Lipinski definition) is 0. The fraction of sp³-hybridized carbons (Fsp3) is 0.250. The van der Waals surface area contributed by atoms with Crippen LogP contribution in [0.1, 0.15) is 23.1 Å². The molecule has 0 radical (unpaired) electrons. The Morgan fingerprint density at radius 1 is 0.895 bits per heavy atom. The van der Waals surface area contributed by atoms with Crippen LogP contribution in [0.25, 0.3) is 11.1 Å². The van der Waals surface area contributed by atoms with Crippen LogP contribution in [0.3, 0.4) is 0 Å². The lowest BCUT2D eigenvalue weighted by Gasteiger charge is -2.13. The van der Waals surface area contributed by atoms with Gasteiger partial charge in [0.25, 0.3) is 0 Å². The van der Waals surface area contributed by atoms with Crippen LogP contribution >= 0.6 is 34.8 Å². The van der Waals surface area contributed by atoms with Crippen molar-refractivity contribution in [1.29, 1.82) is 0 Å². The third-order valence-corrected chi connectivity index (χ3v) is 4.19. The average molecular weight is 312 g/mol. The van der Waals surface area contributed by atoms with E-state index < -0.39 is 3.79 Å². The van der Waals surface area contributed by atoms with E-state index in [2.05, 4.69) is 42.5 Å². The SMILES string of the molecule is ClC(Cl)(Cl)CCc1cccc2c1Cc1ccccc1-2. The molecule has 1 aliphatic carbocycles. The number of rotatable bonds is 2. The number of halogens is 3. The summed E-state index contributed by atoms with van der Waals surface area (Å²) in [6.45, 7) is 0. The second-order valence-electron chi connectivity index (χ2n) is 4.89. The van der Waals surface area contributed by atoms with E-state index in [9.17, 15) is 0 Å². The van der Waals surface area contributed by atoms with Crippen LogP contribution in [0.15, 0.2) is 42.5 Å². The summed E-state index contributed by atoms with van der Waals surface area (Å²) in [5.74, 6) is 0. The number of benzene rings is 2. The maximum absolute atomic E-state index is 5.85. The monoisotopic (exact) mass is 310 g/mol. The molecule has 0 nitrogen and oxygen atoms in total. The van der Waals surface area contributed by atoms with Gasteiger partial charge < -0.3 is 0 Å². The molecule has 2 aromatic rings. The van der Waals surface area contributed by atoms with Crippen LogP contribution in [0.5, 0.6) is 0 Å². The maximum Gasteiger partial charge on any atom is 0.190 e. The summed E-state index contributed by atoms with van der Waals surface area (Å²) < 4.78 is -1.17. The molecular formula is C16H13Cl3. The molecule has 1 aliphatic rings. The quantitative estimate of drug-likeness (QED) is 0.543. The number of hydrogen-bond donors (Lipinski definition) is 0. The smallest absolute Gasteiger partial charge is 0.0837 e. The van der Waals surface area contributed by atoms with Crippen molar-refractivity contribution in [1.82, 2.24) is 0 Å². The molecule has 98 valence electrons. The van der Waals surface area contributed by atoms with Gasteiger partial charge in [-0.25, -0.2) is 0 Å². The number of alkyl halides is 3. The van der Waals surface area contributed by atoms with Crippen LogP contribution in [0, 0.1) is 0 Å². The van der Waals surface area contributed by atoms with Crippen molar-refractivity contribution >= 4 is 34.8 Å². The first-order valence-electron chi connectivity index (χ1n) is 6.30. The van der Waals surface area contributed by atoms with Crippen molar-refractivity contribution in [3.8, 4) is 11.1 Å². The molecule has 0 aliphatic heterocycles. The second-order valence-corrected chi connectivity index (χ2v) is 7.41. The molecule has 0 atom stereocenters. The Bertz CT molecular complexity index is 612. The summed E-state index contributed by atoms with van der Waals surface area (Å²) in [5, 5.41) is 0. The summed E-state index contributed by atoms with van der Waals surface area (Å²) in [6, 6.07) is 15.0. The lowest BCUT2D eigenvalue weighted by atomic mass is 9.98. The van der Waals surface area contributed by atoms with E-state index in [-0.39, 0.29) is 0 Å². The van der Waals surface area contributed by atoms with Crippen LogP contribution in [-0.4, -0.2) is 3.79 Å². The van der Waals surface area contributed by atoms with Gasteiger partial charge in [-0.3, -0.25) is 0 Å². The normalized spacial score (nSPS) is 13.2. The molecule has 2 aromatic carbocycles. The molecule has 0 saturated carbocycles. The Kier molecular flexibility index (Phi) is 3.51. The third kappa shape index (κ3) is 2.76. The zero-order chi connectivity index (χ0) is 13.5. The summed E-state index contributed by atoms with van der Waals surface area (Å²) in [5.41, 5.74) is 6.74. The highest BCUT2D eigenvalue weighted by Gasteiger charge is 2.23. The lowest BCUT2D eigenvalue weighted by Crippen LogP contribution is -2.05. The molecule has 0 heterocycles. The van der Waals surface area contributed by atoms with Gasteiger partial charge in [-0.2, -0.15) is 0 Å². The predicted molar refractivity (Wildman–Crippen MR) is 83.3 cm³/mol. The zero-order valence-electron chi connectivity index (χ0n) is 10.3. The van der Waals surface area contributed by atoms with Gasteiger partial charge in [-0.1, -0.05) is 77.3 Å². The van der Waals surface area contributed by atoms with E-state index in [4.69, 9.17) is 34.8 Å². The van der Waals surface area contributed by atoms with Crippen molar-refractivity contribution in [3.05, 3.63) is 59.2 Å². The van der Waals surface area contributed by atoms with E-state index in [1.807, 2.05) is 0 Å². The summed E-state index contributed by atoms with van der Waals surface area (Å²) in [6.07, 6.45) is 2.33. The fourth-order valence-electron chi connectivity index (χ4n) is 2.73. The average Bonchev–Trinajstić information content (AvgIpc) is 2.74. The molecule has 3 heteroatoms. The highest BCUT2D eigenvalue weighted by atomic mass is 35.6. The Labute approximate surface area is 128 Å². The summed E-state index contributed by atoms with van der Waals surface area (Å²) >= 11 is 17.6. The zero-order valence-corrected chi connectivity index (χ0v) is 12.6. The maximum atomic E-state index is 5.85. The van der Waals surface area contributed by atoms with Gasteiger partial charge in [-0.15, -0.1) is 0 Å². The van der Waals surface area contributed by atoms with Gasteiger partial charge in [0.1, 0.15) is 0 Å². The molecule has 0 fully saturated rings. The molecule has 0 spiro atoms. The van der Waals surface area contributed by atoms with Crippen LogP contribution in [-0.2, 0) is 12.8 Å².